The second kappa shape index (κ2) is 7.91. The maximum absolute atomic E-state index is 12.0. The zero-order valence-corrected chi connectivity index (χ0v) is 20.8. The van der Waals surface area contributed by atoms with Gasteiger partial charge in [0.25, 0.3) is 0 Å². The van der Waals surface area contributed by atoms with Crippen molar-refractivity contribution in [1.29, 1.82) is 0 Å². The molecule has 0 radical (unpaired) electrons. The molecule has 2 heteroatoms. The lowest BCUT2D eigenvalue weighted by molar-refractivity contribution is -0.142. The minimum atomic E-state index is 0.0516. The van der Waals surface area contributed by atoms with Crippen molar-refractivity contribution in [2.45, 2.75) is 111 Å². The van der Waals surface area contributed by atoms with Crippen molar-refractivity contribution in [3.05, 3.63) is 11.6 Å². The van der Waals surface area contributed by atoms with Gasteiger partial charge >= 0.3 is 5.97 Å². The van der Waals surface area contributed by atoms with Crippen LogP contribution in [0.1, 0.15) is 105 Å². The van der Waals surface area contributed by atoms with Crippen molar-refractivity contribution in [2.24, 2.45) is 52.3 Å². The van der Waals surface area contributed by atoms with E-state index in [4.69, 9.17) is 4.74 Å². The lowest BCUT2D eigenvalue weighted by atomic mass is 9.46. The largest absolute Gasteiger partial charge is 0.462 e. The summed E-state index contributed by atoms with van der Waals surface area (Å²) in [4.78, 5) is 12.0. The standard InChI is InChI=1S/C29H46O2/c1-18(2)7-6-8-19(3)23-11-12-24-22-10-9-21-16-26-20(15-27(30)31-26)17-29(21,5)25(22)13-14-28(23,24)4/h9,18-20,22-26H,6-8,10-17H2,1-5H3/t19-,20-,22+,23-,24+,25+,26-,28-,29+/m1/s1. The summed E-state index contributed by atoms with van der Waals surface area (Å²) in [5.41, 5.74) is 2.52. The quantitative estimate of drug-likeness (QED) is 0.335. The van der Waals surface area contributed by atoms with Crippen molar-refractivity contribution in [3.63, 3.8) is 0 Å². The summed E-state index contributed by atoms with van der Waals surface area (Å²) >= 11 is 0. The highest BCUT2D eigenvalue weighted by molar-refractivity contribution is 5.72. The molecule has 3 saturated carbocycles. The maximum Gasteiger partial charge on any atom is 0.306 e. The van der Waals surface area contributed by atoms with Gasteiger partial charge < -0.3 is 4.74 Å². The van der Waals surface area contributed by atoms with Crippen LogP contribution in [0.4, 0.5) is 0 Å². The van der Waals surface area contributed by atoms with Crippen LogP contribution < -0.4 is 0 Å². The molecule has 4 fully saturated rings. The predicted octanol–water partition coefficient (Wildman–Crippen LogP) is 7.57. The minimum absolute atomic E-state index is 0.0516. The molecule has 0 aromatic heterocycles. The zero-order chi connectivity index (χ0) is 22.0. The van der Waals surface area contributed by atoms with Crippen molar-refractivity contribution >= 4 is 5.97 Å². The van der Waals surface area contributed by atoms with Crippen molar-refractivity contribution in [1.82, 2.24) is 0 Å². The lowest BCUT2D eigenvalue weighted by Crippen LogP contribution is -2.51. The summed E-state index contributed by atoms with van der Waals surface area (Å²) in [6, 6.07) is 0. The molecular weight excluding hydrogens is 380 g/mol. The van der Waals surface area contributed by atoms with Crippen LogP contribution in [0.2, 0.25) is 0 Å². The number of carbonyl (C=O) groups excluding carboxylic acids is 1. The lowest BCUT2D eigenvalue weighted by Gasteiger charge is -2.59. The number of ether oxygens (including phenoxy) is 1. The van der Waals surface area contributed by atoms with Gasteiger partial charge in [-0.3, -0.25) is 4.79 Å². The molecular formula is C29H46O2. The van der Waals surface area contributed by atoms with E-state index in [9.17, 15) is 4.79 Å². The van der Waals surface area contributed by atoms with Crippen LogP contribution in [0.15, 0.2) is 11.6 Å². The van der Waals surface area contributed by atoms with Crippen LogP contribution in [0, 0.1) is 52.3 Å². The highest BCUT2D eigenvalue weighted by Gasteiger charge is 2.60. The number of hydrogen-bond acceptors (Lipinski definition) is 2. The zero-order valence-electron chi connectivity index (χ0n) is 20.8. The minimum Gasteiger partial charge on any atom is -0.462 e. The molecule has 0 amide bonds. The molecule has 0 N–H and O–H groups in total. The normalized spacial score (nSPS) is 47.2. The summed E-state index contributed by atoms with van der Waals surface area (Å²) in [5, 5.41) is 0. The molecule has 4 aliphatic carbocycles. The van der Waals surface area contributed by atoms with E-state index in [2.05, 4.69) is 40.7 Å². The third-order valence-electron chi connectivity index (χ3n) is 11.2. The third kappa shape index (κ3) is 3.54. The number of fused-ring (bicyclic) bond motifs is 6. The topological polar surface area (TPSA) is 26.3 Å². The summed E-state index contributed by atoms with van der Waals surface area (Å²) in [6.45, 7) is 12.6. The van der Waals surface area contributed by atoms with Crippen LogP contribution in [-0.4, -0.2) is 12.1 Å². The molecule has 9 atom stereocenters. The van der Waals surface area contributed by atoms with E-state index in [1.807, 2.05) is 0 Å². The monoisotopic (exact) mass is 426 g/mol. The molecule has 174 valence electrons. The smallest absolute Gasteiger partial charge is 0.306 e. The Morgan fingerprint density at radius 1 is 1.06 bits per heavy atom. The molecule has 0 spiro atoms. The summed E-state index contributed by atoms with van der Waals surface area (Å²) in [7, 11) is 0. The fourth-order valence-corrected chi connectivity index (χ4v) is 9.61. The molecule has 5 rings (SSSR count). The van der Waals surface area contributed by atoms with E-state index in [0.29, 0.717) is 23.2 Å². The van der Waals surface area contributed by atoms with Gasteiger partial charge in [0.2, 0.25) is 0 Å². The first-order valence-corrected chi connectivity index (χ1v) is 13.6. The molecule has 31 heavy (non-hydrogen) atoms. The average Bonchev–Trinajstić information content (AvgIpc) is 3.23. The molecule has 5 aliphatic rings. The van der Waals surface area contributed by atoms with Gasteiger partial charge in [-0.2, -0.15) is 0 Å². The highest BCUT2D eigenvalue weighted by Crippen LogP contribution is 2.68. The highest BCUT2D eigenvalue weighted by atomic mass is 16.5. The summed E-state index contributed by atoms with van der Waals surface area (Å²) in [6.07, 6.45) is 17.0. The summed E-state index contributed by atoms with van der Waals surface area (Å²) in [5.74, 6) is 5.79. The second-order valence-corrected chi connectivity index (χ2v) is 13.2. The fraction of sp³-hybridized carbons (Fsp3) is 0.897. The van der Waals surface area contributed by atoms with Crippen molar-refractivity contribution in [3.8, 4) is 0 Å². The number of carbonyl (C=O) groups is 1. The Kier molecular flexibility index (Phi) is 5.62. The third-order valence-corrected chi connectivity index (χ3v) is 11.2. The van der Waals surface area contributed by atoms with Gasteiger partial charge in [-0.1, -0.05) is 65.5 Å². The number of esters is 1. The van der Waals surface area contributed by atoms with E-state index in [1.165, 1.54) is 57.8 Å². The van der Waals surface area contributed by atoms with Crippen LogP contribution in [0.5, 0.6) is 0 Å². The van der Waals surface area contributed by atoms with Gasteiger partial charge in [0, 0.05) is 12.3 Å². The van der Waals surface area contributed by atoms with Crippen LogP contribution in [0.25, 0.3) is 0 Å². The fourth-order valence-electron chi connectivity index (χ4n) is 9.61. The van der Waals surface area contributed by atoms with Crippen molar-refractivity contribution in [2.75, 3.05) is 0 Å². The van der Waals surface area contributed by atoms with Gasteiger partial charge in [-0.25, -0.2) is 0 Å². The molecule has 2 nitrogen and oxygen atoms in total. The van der Waals surface area contributed by atoms with E-state index >= 15 is 0 Å². The first kappa shape index (κ1) is 22.0. The molecule has 1 heterocycles. The van der Waals surface area contributed by atoms with Gasteiger partial charge in [-0.05, 0) is 84.9 Å². The number of hydrogen-bond donors (Lipinski definition) is 0. The van der Waals surface area contributed by atoms with Crippen LogP contribution >= 0.6 is 0 Å². The first-order valence-electron chi connectivity index (χ1n) is 13.6. The molecule has 0 bridgehead atoms. The van der Waals surface area contributed by atoms with Gasteiger partial charge in [0.05, 0.1) is 6.42 Å². The SMILES string of the molecule is CC(C)CCC[C@@H](C)[C@H]1CC[C@H]2[C@@H]3CC=C4C[C@H]5OC(=O)C[C@@H]5C[C@]4(C)[C@H]3CC[C@]12C. The maximum atomic E-state index is 12.0. The number of allylic oxidation sites excluding steroid dienone is 1. The Labute approximate surface area is 191 Å². The van der Waals surface area contributed by atoms with E-state index in [-0.39, 0.29) is 12.1 Å². The Morgan fingerprint density at radius 3 is 2.65 bits per heavy atom. The molecule has 0 aromatic rings. The molecule has 1 saturated heterocycles. The second-order valence-electron chi connectivity index (χ2n) is 13.2. The van der Waals surface area contributed by atoms with Crippen LogP contribution in [-0.2, 0) is 9.53 Å². The van der Waals surface area contributed by atoms with Gasteiger partial charge in [-0.15, -0.1) is 0 Å². The first-order chi connectivity index (χ1) is 14.7. The predicted molar refractivity (Wildman–Crippen MR) is 126 cm³/mol. The van der Waals surface area contributed by atoms with Gasteiger partial charge in [0.15, 0.2) is 0 Å². The molecule has 0 unspecified atom stereocenters. The average molecular weight is 427 g/mol. The Balaban J connectivity index is 1.33. The molecule has 1 aliphatic heterocycles. The Bertz CT molecular complexity index is 737. The Hall–Kier alpha value is -0.790. The Morgan fingerprint density at radius 2 is 1.87 bits per heavy atom. The van der Waals surface area contributed by atoms with Crippen LogP contribution in [0.3, 0.4) is 0 Å². The van der Waals surface area contributed by atoms with E-state index in [1.54, 1.807) is 5.57 Å². The van der Waals surface area contributed by atoms with E-state index in [0.717, 1.165) is 41.9 Å². The summed E-state index contributed by atoms with van der Waals surface area (Å²) < 4.78 is 5.69. The van der Waals surface area contributed by atoms with Crippen molar-refractivity contribution < 1.29 is 9.53 Å². The van der Waals surface area contributed by atoms with Gasteiger partial charge in [0.1, 0.15) is 6.10 Å². The number of rotatable bonds is 5. The van der Waals surface area contributed by atoms with E-state index < -0.39 is 0 Å². The molecule has 0 aromatic carbocycles.